The number of primary sulfonamides is 1. The van der Waals surface area contributed by atoms with Gasteiger partial charge in [0.05, 0.1) is 5.69 Å². The molecule has 0 fully saturated rings. The predicted octanol–water partition coefficient (Wildman–Crippen LogP) is 1.46. The smallest absolute Gasteiger partial charge is 0.240 e. The molecule has 0 unspecified atom stereocenters. The average molecular weight is 274 g/mol. The van der Waals surface area contributed by atoms with Crippen LogP contribution in [-0.2, 0) is 14.8 Å². The van der Waals surface area contributed by atoms with Crippen LogP contribution < -0.4 is 10.5 Å². The number of amides is 1. The first-order valence-electron chi connectivity index (χ1n) is 5.15. The zero-order chi connectivity index (χ0) is 14.1. The third-order valence-electron chi connectivity index (χ3n) is 2.18. The maximum absolute atomic E-state index is 13.1. The van der Waals surface area contributed by atoms with Crippen LogP contribution in [0.25, 0.3) is 0 Å². The molecule has 0 bridgehead atoms. The summed E-state index contributed by atoms with van der Waals surface area (Å²) in [5.41, 5.74) is -0.889. The summed E-state index contributed by atoms with van der Waals surface area (Å²) in [6.45, 7) is 4.95. The quantitative estimate of drug-likeness (QED) is 0.855. The van der Waals surface area contributed by atoms with Gasteiger partial charge in [0.2, 0.25) is 15.9 Å². The highest BCUT2D eigenvalue weighted by atomic mass is 32.2. The summed E-state index contributed by atoms with van der Waals surface area (Å²) in [6.07, 6.45) is 0. The average Bonchev–Trinajstić information content (AvgIpc) is 2.13. The molecule has 100 valence electrons. The van der Waals surface area contributed by atoms with Crippen molar-refractivity contribution < 1.29 is 17.6 Å². The first kappa shape index (κ1) is 14.6. The first-order chi connectivity index (χ1) is 8.01. The maximum atomic E-state index is 13.1. The number of sulfonamides is 1. The van der Waals surface area contributed by atoms with Gasteiger partial charge in [0.15, 0.2) is 0 Å². The summed E-state index contributed by atoms with van der Waals surface area (Å²) in [4.78, 5) is 11.4. The van der Waals surface area contributed by atoms with E-state index in [0.717, 1.165) is 18.2 Å². The Balaban J connectivity index is 3.24. The molecule has 0 saturated carbocycles. The molecule has 0 radical (unpaired) electrons. The molecule has 5 nitrogen and oxygen atoms in total. The molecule has 0 aromatic heterocycles. The molecule has 0 atom stereocenters. The molecule has 0 heterocycles. The lowest BCUT2D eigenvalue weighted by atomic mass is 9.95. The molecule has 0 aliphatic rings. The van der Waals surface area contributed by atoms with E-state index < -0.39 is 27.2 Å². The molecule has 1 aromatic rings. The van der Waals surface area contributed by atoms with Crippen molar-refractivity contribution in [2.45, 2.75) is 25.7 Å². The Morgan fingerprint density at radius 3 is 2.33 bits per heavy atom. The van der Waals surface area contributed by atoms with E-state index in [9.17, 15) is 17.6 Å². The van der Waals surface area contributed by atoms with Crippen molar-refractivity contribution in [2.24, 2.45) is 10.6 Å². The van der Waals surface area contributed by atoms with Gasteiger partial charge in [-0.25, -0.2) is 17.9 Å². The van der Waals surface area contributed by atoms with Gasteiger partial charge in [-0.05, 0) is 18.2 Å². The second-order valence-electron chi connectivity index (χ2n) is 4.89. The molecule has 0 aliphatic heterocycles. The van der Waals surface area contributed by atoms with Gasteiger partial charge >= 0.3 is 0 Å². The van der Waals surface area contributed by atoms with Crippen LogP contribution in [0.15, 0.2) is 23.1 Å². The molecular formula is C11H15FN2O3S. The molecule has 1 rings (SSSR count). The predicted molar refractivity (Wildman–Crippen MR) is 65.9 cm³/mol. The summed E-state index contributed by atoms with van der Waals surface area (Å²) in [5, 5.41) is 7.35. The monoisotopic (exact) mass is 274 g/mol. The van der Waals surface area contributed by atoms with Crippen LogP contribution in [0, 0.1) is 11.2 Å². The summed E-state index contributed by atoms with van der Waals surface area (Å²) in [5.74, 6) is -1.09. The second-order valence-corrected chi connectivity index (χ2v) is 6.42. The van der Waals surface area contributed by atoms with Crippen molar-refractivity contribution in [1.29, 1.82) is 0 Å². The third-order valence-corrected chi connectivity index (χ3v) is 3.15. The van der Waals surface area contributed by atoms with Gasteiger partial charge in [-0.2, -0.15) is 0 Å². The van der Waals surface area contributed by atoms with E-state index in [-0.39, 0.29) is 10.6 Å². The first-order valence-corrected chi connectivity index (χ1v) is 6.70. The fourth-order valence-electron chi connectivity index (χ4n) is 1.16. The van der Waals surface area contributed by atoms with Crippen LogP contribution >= 0.6 is 0 Å². The Bertz CT molecular complexity index is 576. The van der Waals surface area contributed by atoms with Gasteiger partial charge in [0.1, 0.15) is 10.7 Å². The minimum Gasteiger partial charge on any atom is -0.324 e. The number of halogens is 1. The van der Waals surface area contributed by atoms with Crippen LogP contribution in [0.3, 0.4) is 0 Å². The number of nitrogens with two attached hydrogens (primary N) is 1. The molecule has 1 aromatic carbocycles. The standard InChI is InChI=1S/C11H15FN2O3S/c1-11(2,3)10(15)14-8-6-7(12)4-5-9(8)18(13,16)17/h4-6H,1-3H3,(H,14,15)(H2,13,16,17). The molecule has 3 N–H and O–H groups in total. The number of benzene rings is 1. The number of hydrogen-bond acceptors (Lipinski definition) is 3. The van der Waals surface area contributed by atoms with Gasteiger partial charge in [0.25, 0.3) is 0 Å². The summed E-state index contributed by atoms with van der Waals surface area (Å²) in [7, 11) is -4.02. The molecule has 0 aliphatic carbocycles. The van der Waals surface area contributed by atoms with Crippen molar-refractivity contribution in [3.8, 4) is 0 Å². The van der Waals surface area contributed by atoms with Crippen LogP contribution in [-0.4, -0.2) is 14.3 Å². The lowest BCUT2D eigenvalue weighted by Crippen LogP contribution is -2.29. The largest absolute Gasteiger partial charge is 0.324 e. The molecule has 7 heteroatoms. The second kappa shape index (κ2) is 4.66. The highest BCUT2D eigenvalue weighted by molar-refractivity contribution is 7.89. The maximum Gasteiger partial charge on any atom is 0.240 e. The topological polar surface area (TPSA) is 89.3 Å². The number of carbonyl (C=O) groups is 1. The lowest BCUT2D eigenvalue weighted by Gasteiger charge is -2.18. The fraction of sp³-hybridized carbons (Fsp3) is 0.364. The van der Waals surface area contributed by atoms with Crippen molar-refractivity contribution in [3.63, 3.8) is 0 Å². The normalized spacial score (nSPS) is 12.3. The summed E-state index contributed by atoms with van der Waals surface area (Å²) in [6, 6.07) is 2.90. The molecule has 0 saturated heterocycles. The van der Waals surface area contributed by atoms with E-state index >= 15 is 0 Å². The van der Waals surface area contributed by atoms with E-state index in [1.165, 1.54) is 0 Å². The Morgan fingerprint density at radius 2 is 1.89 bits per heavy atom. The Labute approximate surface area is 105 Å². The Hall–Kier alpha value is -1.47. The van der Waals surface area contributed by atoms with Gasteiger partial charge in [-0.15, -0.1) is 0 Å². The highest BCUT2D eigenvalue weighted by Gasteiger charge is 2.24. The van der Waals surface area contributed by atoms with Crippen molar-refractivity contribution in [3.05, 3.63) is 24.0 Å². The molecule has 18 heavy (non-hydrogen) atoms. The molecule has 0 spiro atoms. The summed E-state index contributed by atoms with van der Waals surface area (Å²) >= 11 is 0. The van der Waals surface area contributed by atoms with E-state index in [2.05, 4.69) is 5.32 Å². The van der Waals surface area contributed by atoms with Crippen LogP contribution in [0.2, 0.25) is 0 Å². The SMILES string of the molecule is CC(C)(C)C(=O)Nc1cc(F)ccc1S(N)(=O)=O. The molecular weight excluding hydrogens is 259 g/mol. The van der Waals surface area contributed by atoms with Gasteiger partial charge < -0.3 is 5.32 Å². The van der Waals surface area contributed by atoms with E-state index in [4.69, 9.17) is 5.14 Å². The third kappa shape index (κ3) is 3.51. The van der Waals surface area contributed by atoms with Crippen LogP contribution in [0.4, 0.5) is 10.1 Å². The van der Waals surface area contributed by atoms with Crippen LogP contribution in [0.5, 0.6) is 0 Å². The highest BCUT2D eigenvalue weighted by Crippen LogP contribution is 2.24. The fourth-order valence-corrected chi connectivity index (χ4v) is 1.83. The van der Waals surface area contributed by atoms with E-state index in [1.54, 1.807) is 20.8 Å². The number of nitrogens with one attached hydrogen (secondary N) is 1. The van der Waals surface area contributed by atoms with Crippen molar-refractivity contribution >= 4 is 21.6 Å². The zero-order valence-corrected chi connectivity index (χ0v) is 11.1. The minimum atomic E-state index is -4.02. The Morgan fingerprint density at radius 1 is 1.33 bits per heavy atom. The van der Waals surface area contributed by atoms with Crippen molar-refractivity contribution in [1.82, 2.24) is 0 Å². The van der Waals surface area contributed by atoms with E-state index in [1.807, 2.05) is 0 Å². The van der Waals surface area contributed by atoms with Gasteiger partial charge in [-0.3, -0.25) is 4.79 Å². The van der Waals surface area contributed by atoms with Crippen molar-refractivity contribution in [2.75, 3.05) is 5.32 Å². The number of rotatable bonds is 2. The Kier molecular flexibility index (Phi) is 3.78. The molecule has 1 amide bonds. The minimum absolute atomic E-state index is 0.155. The lowest BCUT2D eigenvalue weighted by molar-refractivity contribution is -0.123. The zero-order valence-electron chi connectivity index (χ0n) is 10.3. The number of carbonyl (C=O) groups excluding carboxylic acids is 1. The van der Waals surface area contributed by atoms with Gasteiger partial charge in [-0.1, -0.05) is 20.8 Å². The number of anilines is 1. The van der Waals surface area contributed by atoms with Crippen LogP contribution in [0.1, 0.15) is 20.8 Å². The number of hydrogen-bond donors (Lipinski definition) is 2. The van der Waals surface area contributed by atoms with E-state index in [0.29, 0.717) is 0 Å². The van der Waals surface area contributed by atoms with Gasteiger partial charge in [0, 0.05) is 5.41 Å². The summed E-state index contributed by atoms with van der Waals surface area (Å²) < 4.78 is 35.7.